The molecule has 0 unspecified atom stereocenters. The number of primary amides is 1. The minimum atomic E-state index is -4.62. The number of hydrogen-bond acceptors (Lipinski definition) is 4. The van der Waals surface area contributed by atoms with Crippen LogP contribution in [0.25, 0.3) is 0 Å². The van der Waals surface area contributed by atoms with Gasteiger partial charge in [-0.2, -0.15) is 17.5 Å². The second kappa shape index (κ2) is 8.15. The van der Waals surface area contributed by atoms with Crippen LogP contribution in [-0.4, -0.2) is 55.2 Å². The first-order valence-electron chi connectivity index (χ1n) is 8.64. The highest BCUT2D eigenvalue weighted by molar-refractivity contribution is 7.89. The summed E-state index contributed by atoms with van der Waals surface area (Å²) < 4.78 is 66.3. The first kappa shape index (κ1) is 21.6. The fourth-order valence-electron chi connectivity index (χ4n) is 3.40. The third-order valence-corrected chi connectivity index (χ3v) is 6.67. The lowest BCUT2D eigenvalue weighted by Crippen LogP contribution is -2.51. The molecule has 1 aliphatic rings. The van der Waals surface area contributed by atoms with Gasteiger partial charge in [0.15, 0.2) is 0 Å². The van der Waals surface area contributed by atoms with Crippen molar-refractivity contribution in [3.63, 3.8) is 0 Å². The van der Waals surface area contributed by atoms with Crippen LogP contribution in [0, 0.1) is 0 Å². The zero-order chi connectivity index (χ0) is 20.4. The molecule has 0 radical (unpaired) electrons. The van der Waals surface area contributed by atoms with E-state index in [2.05, 4.69) is 0 Å². The first-order chi connectivity index (χ1) is 12.4. The number of likely N-dealkylation sites (tertiary alicyclic amines) is 1. The van der Waals surface area contributed by atoms with E-state index in [1.165, 1.54) is 10.4 Å². The zero-order valence-corrected chi connectivity index (χ0v) is 16.1. The molecular weight excluding hydrogens is 383 g/mol. The Morgan fingerprint density at radius 3 is 2.37 bits per heavy atom. The maximum Gasteiger partial charge on any atom is 0.416 e. The van der Waals surface area contributed by atoms with Crippen molar-refractivity contribution >= 4 is 15.9 Å². The number of alkyl halides is 3. The number of carbonyl (C=O) groups is 1. The van der Waals surface area contributed by atoms with E-state index >= 15 is 0 Å². The minimum Gasteiger partial charge on any atom is -0.369 e. The van der Waals surface area contributed by atoms with Gasteiger partial charge in [0.05, 0.1) is 17.0 Å². The molecule has 2 N–H and O–H groups in total. The van der Waals surface area contributed by atoms with Crippen molar-refractivity contribution in [2.24, 2.45) is 5.73 Å². The van der Waals surface area contributed by atoms with Gasteiger partial charge >= 0.3 is 6.18 Å². The van der Waals surface area contributed by atoms with Crippen molar-refractivity contribution in [1.82, 2.24) is 9.21 Å². The van der Waals surface area contributed by atoms with Crippen LogP contribution in [0.2, 0.25) is 0 Å². The molecule has 1 aromatic rings. The summed E-state index contributed by atoms with van der Waals surface area (Å²) in [5.41, 5.74) is 4.18. The molecule has 1 fully saturated rings. The number of hydrogen-bond donors (Lipinski definition) is 1. The molecule has 152 valence electrons. The van der Waals surface area contributed by atoms with E-state index < -0.39 is 33.7 Å². The van der Waals surface area contributed by atoms with Gasteiger partial charge in [-0.25, -0.2) is 8.42 Å². The maximum atomic E-state index is 13.1. The van der Waals surface area contributed by atoms with Crippen LogP contribution in [0.5, 0.6) is 0 Å². The summed E-state index contributed by atoms with van der Waals surface area (Å²) in [6, 6.07) is 3.03. The number of amides is 1. The van der Waals surface area contributed by atoms with E-state index in [4.69, 9.17) is 5.73 Å². The highest BCUT2D eigenvalue weighted by Gasteiger charge is 2.37. The van der Waals surface area contributed by atoms with Crippen LogP contribution in [0.4, 0.5) is 13.2 Å². The summed E-state index contributed by atoms with van der Waals surface area (Å²) in [7, 11) is -4.10. The van der Waals surface area contributed by atoms with Gasteiger partial charge in [0.25, 0.3) is 0 Å². The van der Waals surface area contributed by atoms with E-state index in [0.29, 0.717) is 32.0 Å². The molecule has 0 atom stereocenters. The summed E-state index contributed by atoms with van der Waals surface area (Å²) >= 11 is 0. The molecule has 1 aromatic carbocycles. The molecule has 0 aliphatic carbocycles. The molecule has 0 bridgehead atoms. The second-order valence-corrected chi connectivity index (χ2v) is 8.77. The van der Waals surface area contributed by atoms with Gasteiger partial charge in [0.1, 0.15) is 0 Å². The van der Waals surface area contributed by atoms with Crippen LogP contribution in [-0.2, 0) is 21.0 Å². The minimum absolute atomic E-state index is 0.106. The number of halogens is 3. The fraction of sp³-hybridized carbons (Fsp3) is 0.588. The lowest BCUT2D eigenvalue weighted by atomic mass is 10.0. The van der Waals surface area contributed by atoms with Gasteiger partial charge in [-0.05, 0) is 44.9 Å². The maximum absolute atomic E-state index is 13.1. The monoisotopic (exact) mass is 407 g/mol. The van der Waals surface area contributed by atoms with E-state index in [1.54, 1.807) is 13.8 Å². The summed E-state index contributed by atoms with van der Waals surface area (Å²) in [6.45, 7) is 4.49. The molecule has 2 rings (SSSR count). The average molecular weight is 407 g/mol. The fourth-order valence-corrected chi connectivity index (χ4v) is 5.33. The van der Waals surface area contributed by atoms with E-state index in [9.17, 15) is 26.4 Å². The summed E-state index contributed by atoms with van der Waals surface area (Å²) in [5.74, 6) is -0.453. The highest BCUT2D eigenvalue weighted by Crippen LogP contribution is 2.32. The Morgan fingerprint density at radius 1 is 1.30 bits per heavy atom. The molecule has 0 saturated carbocycles. The predicted octanol–water partition coefficient (Wildman–Crippen LogP) is 2.05. The number of carbonyl (C=O) groups excluding carboxylic acids is 1. The Morgan fingerprint density at radius 2 is 1.89 bits per heavy atom. The van der Waals surface area contributed by atoms with Crippen molar-refractivity contribution in [3.8, 4) is 0 Å². The molecular formula is C17H24F3N3O3S. The van der Waals surface area contributed by atoms with Crippen LogP contribution in [0.1, 0.15) is 32.3 Å². The third-order valence-electron chi connectivity index (χ3n) is 4.54. The third kappa shape index (κ3) is 5.20. The topological polar surface area (TPSA) is 83.7 Å². The van der Waals surface area contributed by atoms with Crippen LogP contribution < -0.4 is 5.73 Å². The van der Waals surface area contributed by atoms with Gasteiger partial charge in [0.2, 0.25) is 15.9 Å². The Kier molecular flexibility index (Phi) is 6.54. The Labute approximate surface area is 157 Å². The van der Waals surface area contributed by atoms with E-state index in [1.807, 2.05) is 4.90 Å². The SMILES string of the molecule is CC(C)N(C1CCN(CC(N)=O)CC1)S(=O)(=O)c1cccc(C(F)(F)F)c1. The van der Waals surface area contributed by atoms with Gasteiger partial charge < -0.3 is 5.73 Å². The molecule has 1 aliphatic heterocycles. The van der Waals surface area contributed by atoms with Gasteiger partial charge in [0, 0.05) is 25.2 Å². The number of nitrogens with two attached hydrogens (primary N) is 1. The van der Waals surface area contributed by atoms with Crippen molar-refractivity contribution in [3.05, 3.63) is 29.8 Å². The smallest absolute Gasteiger partial charge is 0.369 e. The Hall–Kier alpha value is -1.65. The van der Waals surface area contributed by atoms with Crippen molar-refractivity contribution in [2.75, 3.05) is 19.6 Å². The summed E-state index contributed by atoms with van der Waals surface area (Å²) in [4.78, 5) is 12.5. The Bertz CT molecular complexity index is 773. The first-order valence-corrected chi connectivity index (χ1v) is 10.1. The number of rotatable bonds is 6. The number of sulfonamides is 1. The summed E-state index contributed by atoms with van der Waals surface area (Å²) in [6.07, 6.45) is -3.67. The number of benzene rings is 1. The van der Waals surface area contributed by atoms with Crippen LogP contribution in [0.15, 0.2) is 29.2 Å². The van der Waals surface area contributed by atoms with E-state index in [0.717, 1.165) is 12.1 Å². The number of piperidine rings is 1. The van der Waals surface area contributed by atoms with Gasteiger partial charge in [-0.3, -0.25) is 9.69 Å². The molecule has 0 spiro atoms. The average Bonchev–Trinajstić information content (AvgIpc) is 2.55. The Balaban J connectivity index is 2.27. The van der Waals surface area contributed by atoms with Crippen LogP contribution in [0.3, 0.4) is 0 Å². The standard InChI is InChI=1S/C17H24F3N3O3S/c1-12(2)23(14-6-8-22(9-7-14)11-16(21)24)27(25,26)15-5-3-4-13(10-15)17(18,19)20/h3-5,10,12,14H,6-9,11H2,1-2H3,(H2,21,24). The molecule has 6 nitrogen and oxygen atoms in total. The normalized spacial score (nSPS) is 17.6. The van der Waals surface area contributed by atoms with Gasteiger partial charge in [-0.1, -0.05) is 6.07 Å². The molecule has 10 heteroatoms. The molecule has 27 heavy (non-hydrogen) atoms. The van der Waals surface area contributed by atoms with Crippen molar-refractivity contribution in [2.45, 2.75) is 49.8 Å². The van der Waals surface area contributed by atoms with Crippen molar-refractivity contribution in [1.29, 1.82) is 0 Å². The quantitative estimate of drug-likeness (QED) is 0.782. The predicted molar refractivity (Wildman–Crippen MR) is 94.3 cm³/mol. The second-order valence-electron chi connectivity index (χ2n) is 6.93. The summed E-state index contributed by atoms with van der Waals surface area (Å²) in [5, 5.41) is 0. The molecule has 1 heterocycles. The van der Waals surface area contributed by atoms with E-state index in [-0.39, 0.29) is 17.5 Å². The molecule has 0 aromatic heterocycles. The van der Waals surface area contributed by atoms with Gasteiger partial charge in [-0.15, -0.1) is 0 Å². The zero-order valence-electron chi connectivity index (χ0n) is 15.2. The lowest BCUT2D eigenvalue weighted by Gasteiger charge is -2.39. The van der Waals surface area contributed by atoms with Crippen molar-refractivity contribution < 1.29 is 26.4 Å². The molecule has 1 amide bonds. The highest BCUT2D eigenvalue weighted by atomic mass is 32.2. The largest absolute Gasteiger partial charge is 0.416 e. The molecule has 1 saturated heterocycles. The lowest BCUT2D eigenvalue weighted by molar-refractivity contribution is -0.137. The number of nitrogens with zero attached hydrogens (tertiary/aromatic N) is 2. The van der Waals surface area contributed by atoms with Crippen LogP contribution >= 0.6 is 0 Å².